The molecule has 0 amide bonds. The lowest BCUT2D eigenvalue weighted by atomic mass is 10.2. The Morgan fingerprint density at radius 1 is 1.00 bits per heavy atom. The van der Waals surface area contributed by atoms with Crippen LogP contribution in [0.4, 0.5) is 10.1 Å². The lowest BCUT2D eigenvalue weighted by Crippen LogP contribution is -2.13. The number of nitrogens with zero attached hydrogens (tertiary/aromatic N) is 2. The zero-order valence-electron chi connectivity index (χ0n) is 10.5. The van der Waals surface area contributed by atoms with Crippen LogP contribution in [0.5, 0.6) is 0 Å². The molecule has 0 radical (unpaired) electrons. The van der Waals surface area contributed by atoms with E-state index in [1.165, 1.54) is 24.3 Å². The molecule has 0 fully saturated rings. The Morgan fingerprint density at radius 2 is 1.67 bits per heavy atom. The van der Waals surface area contributed by atoms with E-state index in [1.54, 1.807) is 6.07 Å². The zero-order valence-corrected chi connectivity index (χ0v) is 11.4. The summed E-state index contributed by atoms with van der Waals surface area (Å²) in [6, 6.07) is 12.2. The number of hydrogen-bond donors (Lipinski definition) is 1. The van der Waals surface area contributed by atoms with Crippen molar-refractivity contribution in [3.8, 4) is 12.1 Å². The molecule has 5 nitrogen and oxygen atoms in total. The summed E-state index contributed by atoms with van der Waals surface area (Å²) in [4.78, 5) is -0.218. The summed E-state index contributed by atoms with van der Waals surface area (Å²) >= 11 is 0. The summed E-state index contributed by atoms with van der Waals surface area (Å²) < 4.78 is 39.7. The Hall–Kier alpha value is -2.90. The van der Waals surface area contributed by atoms with Crippen LogP contribution in [0.2, 0.25) is 0 Å². The fourth-order valence-electron chi connectivity index (χ4n) is 1.58. The summed E-state index contributed by atoms with van der Waals surface area (Å²) in [5.41, 5.74) is 0.307. The van der Waals surface area contributed by atoms with Crippen LogP contribution < -0.4 is 4.72 Å². The second-order valence-electron chi connectivity index (χ2n) is 4.05. The highest BCUT2D eigenvalue weighted by atomic mass is 32.2. The van der Waals surface area contributed by atoms with Gasteiger partial charge in [0.15, 0.2) is 0 Å². The van der Waals surface area contributed by atoms with E-state index in [0.29, 0.717) is 5.56 Å². The molecule has 21 heavy (non-hydrogen) atoms. The number of rotatable bonds is 3. The van der Waals surface area contributed by atoms with Gasteiger partial charge in [0.05, 0.1) is 22.1 Å². The van der Waals surface area contributed by atoms with Gasteiger partial charge in [0.2, 0.25) is 0 Å². The molecule has 0 heterocycles. The molecule has 0 atom stereocenters. The van der Waals surface area contributed by atoms with Gasteiger partial charge < -0.3 is 0 Å². The lowest BCUT2D eigenvalue weighted by Gasteiger charge is -2.08. The van der Waals surface area contributed by atoms with E-state index in [1.807, 2.05) is 6.07 Å². The largest absolute Gasteiger partial charge is 0.280 e. The van der Waals surface area contributed by atoms with Gasteiger partial charge in [0, 0.05) is 5.69 Å². The average molecular weight is 301 g/mol. The van der Waals surface area contributed by atoms with Crippen molar-refractivity contribution < 1.29 is 12.8 Å². The molecular weight excluding hydrogens is 293 g/mol. The average Bonchev–Trinajstić information content (AvgIpc) is 2.48. The van der Waals surface area contributed by atoms with Gasteiger partial charge in [-0.25, -0.2) is 12.8 Å². The Labute approximate surface area is 120 Å². The fraction of sp³-hybridized carbons (Fsp3) is 0. The first-order valence-corrected chi connectivity index (χ1v) is 7.17. The molecule has 0 aliphatic carbocycles. The van der Waals surface area contributed by atoms with Gasteiger partial charge in [-0.15, -0.1) is 0 Å². The molecule has 0 saturated carbocycles. The van der Waals surface area contributed by atoms with Crippen molar-refractivity contribution in [1.29, 1.82) is 10.5 Å². The molecule has 0 aromatic heterocycles. The van der Waals surface area contributed by atoms with Gasteiger partial charge in [0.1, 0.15) is 11.9 Å². The van der Waals surface area contributed by atoms with E-state index in [4.69, 9.17) is 10.5 Å². The number of sulfonamides is 1. The monoisotopic (exact) mass is 301 g/mol. The van der Waals surface area contributed by atoms with Gasteiger partial charge in [-0.2, -0.15) is 10.5 Å². The van der Waals surface area contributed by atoms with Crippen molar-refractivity contribution in [3.05, 3.63) is 59.4 Å². The van der Waals surface area contributed by atoms with E-state index in [0.717, 1.165) is 18.2 Å². The zero-order chi connectivity index (χ0) is 15.5. The van der Waals surface area contributed by atoms with E-state index in [9.17, 15) is 12.8 Å². The van der Waals surface area contributed by atoms with E-state index in [2.05, 4.69) is 4.72 Å². The summed E-state index contributed by atoms with van der Waals surface area (Å²) in [5, 5.41) is 17.4. The Balaban J connectivity index is 2.34. The number of nitrogens with one attached hydrogen (secondary N) is 1. The van der Waals surface area contributed by atoms with Gasteiger partial charge in [0.25, 0.3) is 10.0 Å². The van der Waals surface area contributed by atoms with Crippen molar-refractivity contribution in [1.82, 2.24) is 0 Å². The molecular formula is C14H8FN3O2S. The standard InChI is InChI=1S/C14H8FN3O2S/c15-14-6-5-13(7-11(14)9-17)21(19,20)18-12-3-1-10(8-16)2-4-12/h1-7,18H. The molecule has 0 unspecified atom stereocenters. The van der Waals surface area contributed by atoms with E-state index < -0.39 is 15.8 Å². The highest BCUT2D eigenvalue weighted by Gasteiger charge is 2.16. The van der Waals surface area contributed by atoms with Crippen molar-refractivity contribution >= 4 is 15.7 Å². The molecule has 104 valence electrons. The minimum absolute atomic E-state index is 0.218. The second kappa shape index (κ2) is 5.61. The quantitative estimate of drug-likeness (QED) is 0.941. The van der Waals surface area contributed by atoms with Gasteiger partial charge in [-0.05, 0) is 42.5 Å². The number of anilines is 1. The van der Waals surface area contributed by atoms with Crippen LogP contribution >= 0.6 is 0 Å². The number of benzene rings is 2. The molecule has 2 aromatic carbocycles. The summed E-state index contributed by atoms with van der Waals surface area (Å²) in [6.07, 6.45) is 0. The molecule has 0 aliphatic heterocycles. The third kappa shape index (κ3) is 3.16. The fourth-order valence-corrected chi connectivity index (χ4v) is 2.67. The Kier molecular flexibility index (Phi) is 3.88. The highest BCUT2D eigenvalue weighted by molar-refractivity contribution is 7.92. The first-order chi connectivity index (χ1) is 9.96. The maximum absolute atomic E-state index is 13.2. The molecule has 7 heteroatoms. The first-order valence-electron chi connectivity index (χ1n) is 5.69. The van der Waals surface area contributed by atoms with E-state index in [-0.39, 0.29) is 16.1 Å². The Morgan fingerprint density at radius 3 is 2.24 bits per heavy atom. The predicted octanol–water partition coefficient (Wildman–Crippen LogP) is 2.37. The van der Waals surface area contributed by atoms with Crippen molar-refractivity contribution in [2.24, 2.45) is 0 Å². The van der Waals surface area contributed by atoms with Gasteiger partial charge in [-0.3, -0.25) is 4.72 Å². The maximum atomic E-state index is 13.2. The van der Waals surface area contributed by atoms with Crippen LogP contribution in [0.1, 0.15) is 11.1 Å². The normalized spacial score (nSPS) is 10.4. The first kappa shape index (κ1) is 14.5. The number of hydrogen-bond acceptors (Lipinski definition) is 4. The third-order valence-corrected chi connectivity index (χ3v) is 4.01. The minimum atomic E-state index is -3.93. The van der Waals surface area contributed by atoms with Crippen molar-refractivity contribution in [2.45, 2.75) is 4.90 Å². The van der Waals surface area contributed by atoms with Crippen LogP contribution in [-0.4, -0.2) is 8.42 Å². The second-order valence-corrected chi connectivity index (χ2v) is 5.73. The predicted molar refractivity (Wildman–Crippen MR) is 73.1 cm³/mol. The topological polar surface area (TPSA) is 93.8 Å². The lowest BCUT2D eigenvalue weighted by molar-refractivity contribution is 0.599. The highest BCUT2D eigenvalue weighted by Crippen LogP contribution is 2.19. The van der Waals surface area contributed by atoms with Crippen molar-refractivity contribution in [3.63, 3.8) is 0 Å². The summed E-state index contributed by atoms with van der Waals surface area (Å²) in [6.45, 7) is 0. The van der Waals surface area contributed by atoms with Crippen LogP contribution in [0.15, 0.2) is 47.4 Å². The molecule has 0 saturated heterocycles. The number of halogens is 1. The summed E-state index contributed by atoms with van der Waals surface area (Å²) in [7, 11) is -3.93. The van der Waals surface area contributed by atoms with Gasteiger partial charge >= 0.3 is 0 Å². The van der Waals surface area contributed by atoms with Crippen LogP contribution in [0.25, 0.3) is 0 Å². The minimum Gasteiger partial charge on any atom is -0.280 e. The van der Waals surface area contributed by atoms with Crippen LogP contribution in [0, 0.1) is 28.5 Å². The van der Waals surface area contributed by atoms with E-state index >= 15 is 0 Å². The molecule has 1 N–H and O–H groups in total. The molecule has 0 bridgehead atoms. The molecule has 0 aliphatic rings. The number of nitriles is 2. The van der Waals surface area contributed by atoms with Crippen LogP contribution in [0.3, 0.4) is 0 Å². The van der Waals surface area contributed by atoms with Crippen LogP contribution in [-0.2, 0) is 10.0 Å². The molecule has 0 spiro atoms. The Bertz CT molecular complexity index is 863. The summed E-state index contributed by atoms with van der Waals surface area (Å²) in [5.74, 6) is -0.783. The molecule has 2 rings (SSSR count). The molecule has 2 aromatic rings. The van der Waals surface area contributed by atoms with Crippen molar-refractivity contribution in [2.75, 3.05) is 4.72 Å². The third-order valence-electron chi connectivity index (χ3n) is 2.63. The maximum Gasteiger partial charge on any atom is 0.261 e. The van der Waals surface area contributed by atoms with Gasteiger partial charge in [-0.1, -0.05) is 0 Å². The SMILES string of the molecule is N#Cc1ccc(NS(=O)(=O)c2ccc(F)c(C#N)c2)cc1. The smallest absolute Gasteiger partial charge is 0.261 e.